The molecule has 3 aromatic rings. The summed E-state index contributed by atoms with van der Waals surface area (Å²) in [5.41, 5.74) is 11.2. The minimum Gasteiger partial charge on any atom is -0.359 e. The van der Waals surface area contributed by atoms with Crippen molar-refractivity contribution in [2.75, 3.05) is 5.32 Å². The van der Waals surface area contributed by atoms with E-state index in [0.29, 0.717) is 0 Å². The van der Waals surface area contributed by atoms with E-state index >= 15 is 0 Å². The van der Waals surface area contributed by atoms with E-state index in [1.54, 1.807) is 11.1 Å². The third kappa shape index (κ3) is 3.50. The molecular formula is C29H36N2. The Kier molecular flexibility index (Phi) is 4.80. The summed E-state index contributed by atoms with van der Waals surface area (Å²) in [7, 11) is 0. The highest BCUT2D eigenvalue weighted by atomic mass is 14.9. The van der Waals surface area contributed by atoms with E-state index in [1.165, 1.54) is 59.8 Å². The van der Waals surface area contributed by atoms with Crippen LogP contribution in [0.1, 0.15) is 81.3 Å². The Labute approximate surface area is 187 Å². The van der Waals surface area contributed by atoms with Gasteiger partial charge in [-0.25, -0.2) is 0 Å². The molecule has 2 aromatic carbocycles. The number of hydrogen-bond donors (Lipinski definition) is 2. The largest absolute Gasteiger partial charge is 0.359 e. The second kappa shape index (κ2) is 7.29. The van der Waals surface area contributed by atoms with Crippen molar-refractivity contribution in [3.05, 3.63) is 76.6 Å². The van der Waals surface area contributed by atoms with E-state index in [4.69, 9.17) is 0 Å². The smallest absolute Gasteiger partial charge is 0.0460 e. The van der Waals surface area contributed by atoms with Crippen LogP contribution in [0.3, 0.4) is 0 Å². The van der Waals surface area contributed by atoms with Gasteiger partial charge in [0, 0.05) is 38.8 Å². The van der Waals surface area contributed by atoms with Gasteiger partial charge in [0.05, 0.1) is 0 Å². The van der Waals surface area contributed by atoms with Crippen LogP contribution in [0.5, 0.6) is 0 Å². The number of aryl methyl sites for hydroxylation is 3. The lowest BCUT2D eigenvalue weighted by Gasteiger charge is -2.22. The minimum absolute atomic E-state index is 0.105. The highest BCUT2D eigenvalue weighted by Gasteiger charge is 2.47. The van der Waals surface area contributed by atoms with E-state index < -0.39 is 0 Å². The fraction of sp³-hybridized carbons (Fsp3) is 0.448. The summed E-state index contributed by atoms with van der Waals surface area (Å²) >= 11 is 0. The van der Waals surface area contributed by atoms with Gasteiger partial charge in [-0.2, -0.15) is 0 Å². The zero-order chi connectivity index (χ0) is 21.8. The SMILES string of the molecule is C=C(Nc1ccc2[nH]c(C(C)(C)C)c(CCC)c2c1)C1(c2ccc3c(c2)CCC3)CC1. The van der Waals surface area contributed by atoms with Crippen LogP contribution in [-0.4, -0.2) is 4.98 Å². The second-order valence-corrected chi connectivity index (χ2v) is 10.8. The van der Waals surface area contributed by atoms with Gasteiger partial charge in [0.2, 0.25) is 0 Å². The number of rotatable bonds is 6. The van der Waals surface area contributed by atoms with Crippen molar-refractivity contribution in [1.82, 2.24) is 4.98 Å². The second-order valence-electron chi connectivity index (χ2n) is 10.8. The van der Waals surface area contributed by atoms with Crippen molar-refractivity contribution in [2.45, 2.75) is 83.5 Å². The molecule has 2 heteroatoms. The van der Waals surface area contributed by atoms with Gasteiger partial charge in [0.1, 0.15) is 0 Å². The summed E-state index contributed by atoms with van der Waals surface area (Å²) in [4.78, 5) is 3.71. The summed E-state index contributed by atoms with van der Waals surface area (Å²) in [6, 6.07) is 13.9. The maximum atomic E-state index is 4.52. The maximum absolute atomic E-state index is 4.52. The van der Waals surface area contributed by atoms with Crippen LogP contribution < -0.4 is 5.32 Å². The van der Waals surface area contributed by atoms with Gasteiger partial charge in [0.15, 0.2) is 0 Å². The molecule has 1 saturated carbocycles. The number of fused-ring (bicyclic) bond motifs is 2. The average Bonchev–Trinajstić information content (AvgIpc) is 3.27. The molecular weight excluding hydrogens is 376 g/mol. The van der Waals surface area contributed by atoms with Crippen LogP contribution in [-0.2, 0) is 30.1 Å². The number of benzene rings is 2. The molecule has 1 aromatic heterocycles. The molecule has 0 aliphatic heterocycles. The predicted octanol–water partition coefficient (Wildman–Crippen LogP) is 7.56. The molecule has 0 saturated heterocycles. The molecule has 2 N–H and O–H groups in total. The first-order valence-electron chi connectivity index (χ1n) is 12.1. The third-order valence-electron chi connectivity index (χ3n) is 7.43. The Morgan fingerprint density at radius 3 is 2.55 bits per heavy atom. The summed E-state index contributed by atoms with van der Waals surface area (Å²) in [6.45, 7) is 13.7. The number of hydrogen-bond acceptors (Lipinski definition) is 1. The van der Waals surface area contributed by atoms with Crippen molar-refractivity contribution >= 4 is 16.6 Å². The van der Waals surface area contributed by atoms with Gasteiger partial charge in [0.25, 0.3) is 0 Å². The Balaban J connectivity index is 1.45. The minimum atomic E-state index is 0.105. The highest BCUT2D eigenvalue weighted by Crippen LogP contribution is 2.54. The first kappa shape index (κ1) is 20.4. The van der Waals surface area contributed by atoms with Crippen LogP contribution in [0.2, 0.25) is 0 Å². The molecule has 162 valence electrons. The van der Waals surface area contributed by atoms with Gasteiger partial charge >= 0.3 is 0 Å². The Morgan fingerprint density at radius 1 is 1.06 bits per heavy atom. The zero-order valence-corrected chi connectivity index (χ0v) is 19.6. The van der Waals surface area contributed by atoms with Crippen LogP contribution in [0, 0.1) is 0 Å². The normalized spacial score (nSPS) is 17.0. The summed E-state index contributed by atoms with van der Waals surface area (Å²) < 4.78 is 0. The van der Waals surface area contributed by atoms with E-state index in [9.17, 15) is 0 Å². The third-order valence-corrected chi connectivity index (χ3v) is 7.43. The summed E-state index contributed by atoms with van der Waals surface area (Å²) in [5.74, 6) is 0. The number of aromatic amines is 1. The number of allylic oxidation sites excluding steroid dienone is 1. The first-order valence-corrected chi connectivity index (χ1v) is 12.1. The van der Waals surface area contributed by atoms with Gasteiger partial charge in [-0.15, -0.1) is 0 Å². The summed E-state index contributed by atoms with van der Waals surface area (Å²) in [6.07, 6.45) is 8.43. The van der Waals surface area contributed by atoms with Gasteiger partial charge in [-0.05, 0) is 79.0 Å². The van der Waals surface area contributed by atoms with Crippen molar-refractivity contribution in [2.24, 2.45) is 0 Å². The predicted molar refractivity (Wildman–Crippen MR) is 133 cm³/mol. The molecule has 2 aliphatic carbocycles. The fourth-order valence-electron chi connectivity index (χ4n) is 5.53. The lowest BCUT2D eigenvalue weighted by Crippen LogP contribution is -2.16. The van der Waals surface area contributed by atoms with E-state index in [1.807, 2.05) is 0 Å². The topological polar surface area (TPSA) is 27.8 Å². The number of aromatic nitrogens is 1. The molecule has 5 rings (SSSR count). The van der Waals surface area contributed by atoms with Crippen molar-refractivity contribution < 1.29 is 0 Å². The maximum Gasteiger partial charge on any atom is 0.0460 e. The van der Waals surface area contributed by atoms with E-state index in [2.05, 4.69) is 81.0 Å². The van der Waals surface area contributed by atoms with Crippen molar-refractivity contribution in [3.63, 3.8) is 0 Å². The molecule has 0 spiro atoms. The van der Waals surface area contributed by atoms with Crippen LogP contribution in [0.25, 0.3) is 10.9 Å². The van der Waals surface area contributed by atoms with Crippen LogP contribution >= 0.6 is 0 Å². The van der Waals surface area contributed by atoms with E-state index in [-0.39, 0.29) is 10.8 Å². The lowest BCUT2D eigenvalue weighted by molar-refractivity contribution is 0.566. The Hall–Kier alpha value is -2.48. The molecule has 31 heavy (non-hydrogen) atoms. The van der Waals surface area contributed by atoms with Crippen molar-refractivity contribution in [3.8, 4) is 0 Å². The first-order chi connectivity index (χ1) is 14.8. The lowest BCUT2D eigenvalue weighted by atomic mass is 9.87. The molecule has 2 nitrogen and oxygen atoms in total. The molecule has 1 fully saturated rings. The quantitative estimate of drug-likeness (QED) is 0.429. The zero-order valence-electron chi connectivity index (χ0n) is 19.6. The highest BCUT2D eigenvalue weighted by molar-refractivity contribution is 5.88. The fourth-order valence-corrected chi connectivity index (χ4v) is 5.53. The van der Waals surface area contributed by atoms with E-state index in [0.717, 1.165) is 24.2 Å². The molecule has 0 amide bonds. The number of anilines is 1. The number of nitrogens with one attached hydrogen (secondary N) is 2. The van der Waals surface area contributed by atoms with Gasteiger partial charge in [-0.1, -0.05) is 58.9 Å². The molecule has 1 heterocycles. The van der Waals surface area contributed by atoms with Gasteiger partial charge in [-0.3, -0.25) is 0 Å². The summed E-state index contributed by atoms with van der Waals surface area (Å²) in [5, 5.41) is 5.07. The van der Waals surface area contributed by atoms with Crippen LogP contribution in [0.4, 0.5) is 5.69 Å². The Morgan fingerprint density at radius 2 is 1.84 bits per heavy atom. The molecule has 0 unspecified atom stereocenters. The average molecular weight is 413 g/mol. The molecule has 0 atom stereocenters. The standard InChI is InChI=1S/C29H36N2/c1-6-8-24-25-18-23(13-14-26(25)31-27(24)28(3,4)5)30-19(2)29(15-16-29)22-12-11-20-9-7-10-21(20)17-22/h11-14,17-18,30-31H,2,6-10,15-16H2,1,3-5H3. The molecule has 0 bridgehead atoms. The van der Waals surface area contributed by atoms with Crippen molar-refractivity contribution in [1.29, 1.82) is 0 Å². The Bertz CT molecular complexity index is 1150. The molecule has 0 radical (unpaired) electrons. The monoisotopic (exact) mass is 412 g/mol. The van der Waals surface area contributed by atoms with Gasteiger partial charge < -0.3 is 10.3 Å². The van der Waals surface area contributed by atoms with Crippen LogP contribution in [0.15, 0.2) is 48.7 Å². The molecule has 2 aliphatic rings. The number of H-pyrrole nitrogens is 1.